The quantitative estimate of drug-likeness (QED) is 0.637. The number of rotatable bonds is 5. The maximum atomic E-state index is 11.8. The molecule has 76 valence electrons. The molecule has 0 amide bonds. The Hall–Kier alpha value is -0.330. The molecule has 13 heavy (non-hydrogen) atoms. The molecule has 0 bridgehead atoms. The van der Waals surface area contributed by atoms with Gasteiger partial charge < -0.3 is 0 Å². The first-order valence-electron chi connectivity index (χ1n) is 5.56. The molecule has 0 heterocycles. The van der Waals surface area contributed by atoms with Gasteiger partial charge in [-0.05, 0) is 18.3 Å². The predicted octanol–water partition coefficient (Wildman–Crippen LogP) is 3.28. The van der Waals surface area contributed by atoms with Crippen molar-refractivity contribution >= 4 is 5.78 Å². The Bertz CT molecular complexity index is 178. The topological polar surface area (TPSA) is 17.1 Å². The highest BCUT2D eigenvalue weighted by Crippen LogP contribution is 2.38. The van der Waals surface area contributed by atoms with E-state index in [1.54, 1.807) is 0 Å². The number of hydrogen-bond acceptors (Lipinski definition) is 1. The standard InChI is InChI=1S/C12H22O/c1-8(2)11(7-10-5-6-10)12(13)9(3)4/h8-11H,5-7H2,1-4H3/t11-/m0/s1. The molecule has 0 aliphatic heterocycles. The average molecular weight is 182 g/mol. The smallest absolute Gasteiger partial charge is 0.138 e. The van der Waals surface area contributed by atoms with Crippen LogP contribution in [0.25, 0.3) is 0 Å². The average Bonchev–Trinajstić information content (AvgIpc) is 2.81. The minimum Gasteiger partial charge on any atom is -0.299 e. The molecule has 0 radical (unpaired) electrons. The van der Waals surface area contributed by atoms with Gasteiger partial charge in [-0.25, -0.2) is 0 Å². The van der Waals surface area contributed by atoms with E-state index in [0.717, 1.165) is 12.3 Å². The van der Waals surface area contributed by atoms with Crippen LogP contribution >= 0.6 is 0 Å². The van der Waals surface area contributed by atoms with Crippen molar-refractivity contribution in [2.75, 3.05) is 0 Å². The fraction of sp³-hybridized carbons (Fsp3) is 0.917. The summed E-state index contributed by atoms with van der Waals surface area (Å²) >= 11 is 0. The van der Waals surface area contributed by atoms with Gasteiger partial charge in [0, 0.05) is 11.8 Å². The fourth-order valence-electron chi connectivity index (χ4n) is 1.86. The van der Waals surface area contributed by atoms with Crippen LogP contribution in [0, 0.1) is 23.7 Å². The van der Waals surface area contributed by atoms with Gasteiger partial charge in [0.05, 0.1) is 0 Å². The van der Waals surface area contributed by atoms with E-state index in [2.05, 4.69) is 13.8 Å². The third-order valence-electron chi connectivity index (χ3n) is 3.02. The van der Waals surface area contributed by atoms with Gasteiger partial charge in [0.2, 0.25) is 0 Å². The van der Waals surface area contributed by atoms with Crippen molar-refractivity contribution in [3.8, 4) is 0 Å². The molecule has 1 nitrogen and oxygen atoms in total. The van der Waals surface area contributed by atoms with Crippen molar-refractivity contribution in [1.29, 1.82) is 0 Å². The first-order valence-corrected chi connectivity index (χ1v) is 5.56. The Morgan fingerprint density at radius 2 is 1.77 bits per heavy atom. The zero-order chi connectivity index (χ0) is 10.0. The van der Waals surface area contributed by atoms with E-state index in [0.29, 0.717) is 17.6 Å². The molecule has 1 saturated carbocycles. The maximum absolute atomic E-state index is 11.8. The highest BCUT2D eigenvalue weighted by molar-refractivity contribution is 5.83. The lowest BCUT2D eigenvalue weighted by Gasteiger charge is -2.21. The summed E-state index contributed by atoms with van der Waals surface area (Å²) in [4.78, 5) is 11.8. The molecule has 1 aliphatic rings. The third-order valence-corrected chi connectivity index (χ3v) is 3.02. The molecule has 1 atom stereocenters. The van der Waals surface area contributed by atoms with E-state index in [1.807, 2.05) is 13.8 Å². The van der Waals surface area contributed by atoms with Gasteiger partial charge >= 0.3 is 0 Å². The summed E-state index contributed by atoms with van der Waals surface area (Å²) in [6.45, 7) is 8.38. The van der Waals surface area contributed by atoms with Crippen LogP contribution in [0.4, 0.5) is 0 Å². The first-order chi connectivity index (χ1) is 6.02. The van der Waals surface area contributed by atoms with Crippen LogP contribution in [0.1, 0.15) is 47.0 Å². The number of Topliss-reactive ketones (excluding diaryl/α,β-unsaturated/α-hetero) is 1. The number of hydrogen-bond donors (Lipinski definition) is 0. The van der Waals surface area contributed by atoms with Crippen molar-refractivity contribution in [3.05, 3.63) is 0 Å². The van der Waals surface area contributed by atoms with Gasteiger partial charge in [-0.3, -0.25) is 4.79 Å². The molecule has 0 aromatic rings. The van der Waals surface area contributed by atoms with E-state index in [9.17, 15) is 4.79 Å². The summed E-state index contributed by atoms with van der Waals surface area (Å²) in [5.74, 6) is 2.41. The number of ketones is 1. The molecule has 0 aromatic carbocycles. The van der Waals surface area contributed by atoms with Crippen molar-refractivity contribution in [3.63, 3.8) is 0 Å². The summed E-state index contributed by atoms with van der Waals surface area (Å²) in [5.41, 5.74) is 0. The summed E-state index contributed by atoms with van der Waals surface area (Å²) in [6, 6.07) is 0. The number of carbonyl (C=O) groups is 1. The molecule has 1 heteroatoms. The second-order valence-corrected chi connectivity index (χ2v) is 5.09. The van der Waals surface area contributed by atoms with E-state index in [4.69, 9.17) is 0 Å². The molecule has 0 spiro atoms. The van der Waals surface area contributed by atoms with Crippen LogP contribution in [-0.4, -0.2) is 5.78 Å². The lowest BCUT2D eigenvalue weighted by Crippen LogP contribution is -2.25. The highest BCUT2D eigenvalue weighted by atomic mass is 16.1. The van der Waals surface area contributed by atoms with Crippen LogP contribution in [0.2, 0.25) is 0 Å². The van der Waals surface area contributed by atoms with Gasteiger partial charge in [0.15, 0.2) is 0 Å². The normalized spacial score (nSPS) is 19.5. The lowest BCUT2D eigenvalue weighted by atomic mass is 9.82. The number of carbonyl (C=O) groups excluding carboxylic acids is 1. The Morgan fingerprint density at radius 3 is 2.08 bits per heavy atom. The third kappa shape index (κ3) is 3.13. The Kier molecular flexibility index (Phi) is 3.52. The minimum absolute atomic E-state index is 0.214. The molecule has 0 unspecified atom stereocenters. The van der Waals surface area contributed by atoms with Crippen LogP contribution in [0.5, 0.6) is 0 Å². The van der Waals surface area contributed by atoms with E-state index in [1.165, 1.54) is 12.8 Å². The SMILES string of the molecule is CC(C)C(=O)[C@@H](CC1CC1)C(C)C. The molecule has 0 aromatic heterocycles. The monoisotopic (exact) mass is 182 g/mol. The predicted molar refractivity (Wildman–Crippen MR) is 55.5 cm³/mol. The Labute approximate surface area is 81.9 Å². The van der Waals surface area contributed by atoms with Crippen LogP contribution in [0.3, 0.4) is 0 Å². The summed E-state index contributed by atoms with van der Waals surface area (Å²) in [7, 11) is 0. The summed E-state index contributed by atoms with van der Waals surface area (Å²) in [6.07, 6.45) is 3.86. The van der Waals surface area contributed by atoms with Gasteiger partial charge in [-0.2, -0.15) is 0 Å². The molecular weight excluding hydrogens is 160 g/mol. The van der Waals surface area contributed by atoms with Crippen LogP contribution < -0.4 is 0 Å². The van der Waals surface area contributed by atoms with Crippen molar-refractivity contribution in [2.45, 2.75) is 47.0 Å². The Balaban J connectivity index is 2.49. The second-order valence-electron chi connectivity index (χ2n) is 5.09. The van der Waals surface area contributed by atoms with E-state index in [-0.39, 0.29) is 5.92 Å². The first kappa shape index (κ1) is 10.7. The summed E-state index contributed by atoms with van der Waals surface area (Å²) in [5, 5.41) is 0. The molecular formula is C12H22O. The van der Waals surface area contributed by atoms with Crippen molar-refractivity contribution in [2.24, 2.45) is 23.7 Å². The minimum atomic E-state index is 0.214. The fourth-order valence-corrected chi connectivity index (χ4v) is 1.86. The zero-order valence-corrected chi connectivity index (χ0v) is 9.34. The van der Waals surface area contributed by atoms with Crippen LogP contribution in [-0.2, 0) is 4.79 Å². The molecule has 1 rings (SSSR count). The largest absolute Gasteiger partial charge is 0.299 e. The van der Waals surface area contributed by atoms with Crippen molar-refractivity contribution in [1.82, 2.24) is 0 Å². The van der Waals surface area contributed by atoms with Crippen LogP contribution in [0.15, 0.2) is 0 Å². The molecule has 0 saturated heterocycles. The molecule has 0 N–H and O–H groups in total. The summed E-state index contributed by atoms with van der Waals surface area (Å²) < 4.78 is 0. The van der Waals surface area contributed by atoms with E-state index >= 15 is 0 Å². The Morgan fingerprint density at radius 1 is 1.23 bits per heavy atom. The second kappa shape index (κ2) is 4.26. The highest BCUT2D eigenvalue weighted by Gasteiger charge is 2.31. The van der Waals surface area contributed by atoms with E-state index < -0.39 is 0 Å². The van der Waals surface area contributed by atoms with Gasteiger partial charge in [-0.15, -0.1) is 0 Å². The van der Waals surface area contributed by atoms with Gasteiger partial charge in [0.25, 0.3) is 0 Å². The molecule has 1 aliphatic carbocycles. The maximum Gasteiger partial charge on any atom is 0.138 e. The van der Waals surface area contributed by atoms with Gasteiger partial charge in [-0.1, -0.05) is 40.5 Å². The lowest BCUT2D eigenvalue weighted by molar-refractivity contribution is -0.127. The zero-order valence-electron chi connectivity index (χ0n) is 9.34. The molecule has 1 fully saturated rings. The van der Waals surface area contributed by atoms with Crippen molar-refractivity contribution < 1.29 is 4.79 Å². The van der Waals surface area contributed by atoms with Gasteiger partial charge in [0.1, 0.15) is 5.78 Å².